The molecule has 0 radical (unpaired) electrons. The first kappa shape index (κ1) is 29.2. The van der Waals surface area contributed by atoms with E-state index in [1.165, 1.54) is 13.8 Å². The van der Waals surface area contributed by atoms with Crippen molar-refractivity contribution in [3.05, 3.63) is 23.8 Å². The van der Waals surface area contributed by atoms with Crippen LogP contribution in [0.15, 0.2) is 23.8 Å². The van der Waals surface area contributed by atoms with Gasteiger partial charge in [0.25, 0.3) is 0 Å². The molecule has 0 bridgehead atoms. The van der Waals surface area contributed by atoms with Crippen molar-refractivity contribution >= 4 is 23.9 Å². The first-order chi connectivity index (χ1) is 15.1. The minimum absolute atomic E-state index is 0.0440. The quantitative estimate of drug-likeness (QED) is 0.148. The van der Waals surface area contributed by atoms with Crippen LogP contribution in [0, 0.1) is 0 Å². The number of hydrogen-bond acceptors (Lipinski definition) is 11. The summed E-state index contributed by atoms with van der Waals surface area (Å²) >= 11 is 0. The zero-order valence-corrected chi connectivity index (χ0v) is 18.4. The molecule has 3 N–H and O–H groups in total. The van der Waals surface area contributed by atoms with Crippen molar-refractivity contribution in [3.63, 3.8) is 0 Å². The lowest BCUT2D eigenvalue weighted by molar-refractivity contribution is -0.255. The van der Waals surface area contributed by atoms with Gasteiger partial charge in [-0.3, -0.25) is 0 Å². The molecular formula is C21H32O11. The monoisotopic (exact) mass is 460 g/mol. The molecule has 11 heteroatoms. The smallest absolute Gasteiger partial charge is 0.381 e. The fourth-order valence-corrected chi connectivity index (χ4v) is 2.18. The van der Waals surface area contributed by atoms with Crippen LogP contribution in [0.25, 0.3) is 0 Å². The standard InChI is InChI=1S/C21H32O11/c1-14(2)20(27)31-29-18(25)10-8-6-4-5-7-9-11-19(26)30-32-21(28)15(3)12-16(23)17(24)13-22/h12,16-17,22-24H,1,4-11,13H2,2-3H3/b15-12+. The third kappa shape index (κ3) is 14.3. The highest BCUT2D eigenvalue weighted by Gasteiger charge is 2.17. The van der Waals surface area contributed by atoms with Gasteiger partial charge in [0.15, 0.2) is 0 Å². The van der Waals surface area contributed by atoms with Crippen LogP contribution in [0.3, 0.4) is 0 Å². The summed E-state index contributed by atoms with van der Waals surface area (Å²) < 4.78 is 0. The molecule has 2 atom stereocenters. The molecule has 32 heavy (non-hydrogen) atoms. The van der Waals surface area contributed by atoms with Crippen molar-refractivity contribution < 1.29 is 54.0 Å². The zero-order valence-electron chi connectivity index (χ0n) is 18.4. The fourth-order valence-electron chi connectivity index (χ4n) is 2.18. The van der Waals surface area contributed by atoms with Gasteiger partial charge in [-0.2, -0.15) is 0 Å². The lowest BCUT2D eigenvalue weighted by Crippen LogP contribution is -2.28. The number of aliphatic hydroxyl groups is 3. The Morgan fingerprint density at radius 1 is 0.781 bits per heavy atom. The first-order valence-corrected chi connectivity index (χ1v) is 10.2. The Hall–Kier alpha value is -2.76. The Kier molecular flexibility index (Phi) is 15.4. The highest BCUT2D eigenvalue weighted by Crippen LogP contribution is 2.10. The summed E-state index contributed by atoms with van der Waals surface area (Å²) in [6.07, 6.45) is 2.45. The van der Waals surface area contributed by atoms with Gasteiger partial charge in [0, 0.05) is 11.1 Å². The van der Waals surface area contributed by atoms with Crippen molar-refractivity contribution in [3.8, 4) is 0 Å². The molecule has 0 heterocycles. The van der Waals surface area contributed by atoms with Crippen LogP contribution in [0.2, 0.25) is 0 Å². The molecule has 0 saturated carbocycles. The zero-order chi connectivity index (χ0) is 24.5. The van der Waals surface area contributed by atoms with Crippen molar-refractivity contribution in [2.75, 3.05) is 6.61 Å². The topological polar surface area (TPSA) is 166 Å². The number of hydrogen-bond donors (Lipinski definition) is 3. The Labute approximate surface area is 186 Å². The molecule has 182 valence electrons. The molecule has 0 aliphatic rings. The molecule has 2 unspecified atom stereocenters. The normalized spacial score (nSPS) is 13.0. The van der Waals surface area contributed by atoms with Crippen LogP contribution in [-0.4, -0.2) is 58.0 Å². The van der Waals surface area contributed by atoms with Crippen LogP contribution in [0.1, 0.15) is 65.2 Å². The van der Waals surface area contributed by atoms with Crippen molar-refractivity contribution in [2.24, 2.45) is 0 Å². The van der Waals surface area contributed by atoms with Crippen LogP contribution in [0.4, 0.5) is 0 Å². The third-order valence-electron chi connectivity index (χ3n) is 4.10. The van der Waals surface area contributed by atoms with Gasteiger partial charge in [-0.25, -0.2) is 38.7 Å². The number of rotatable bonds is 14. The van der Waals surface area contributed by atoms with E-state index in [9.17, 15) is 29.4 Å². The van der Waals surface area contributed by atoms with E-state index < -0.39 is 42.7 Å². The Balaban J connectivity index is 3.78. The maximum absolute atomic E-state index is 11.6. The van der Waals surface area contributed by atoms with Gasteiger partial charge in [0.05, 0.1) is 19.4 Å². The summed E-state index contributed by atoms with van der Waals surface area (Å²) in [5.41, 5.74) is 0.0253. The van der Waals surface area contributed by atoms with E-state index in [2.05, 4.69) is 26.1 Å². The highest BCUT2D eigenvalue weighted by molar-refractivity contribution is 5.88. The minimum Gasteiger partial charge on any atom is -0.394 e. The minimum atomic E-state index is -1.46. The van der Waals surface area contributed by atoms with Crippen LogP contribution in [0.5, 0.6) is 0 Å². The van der Waals surface area contributed by atoms with Gasteiger partial charge in [-0.05, 0) is 32.8 Å². The molecule has 0 aromatic heterocycles. The lowest BCUT2D eigenvalue weighted by Gasteiger charge is -2.12. The predicted octanol–water partition coefficient (Wildman–Crippen LogP) is 1.35. The third-order valence-corrected chi connectivity index (χ3v) is 4.10. The second-order valence-electron chi connectivity index (χ2n) is 7.14. The van der Waals surface area contributed by atoms with E-state index in [4.69, 9.17) is 5.11 Å². The maximum atomic E-state index is 11.6. The number of carbonyl (C=O) groups is 4. The molecular weight excluding hydrogens is 428 g/mol. The molecule has 0 aliphatic heterocycles. The summed E-state index contributed by atoms with van der Waals surface area (Å²) in [6.45, 7) is 5.39. The van der Waals surface area contributed by atoms with Gasteiger partial charge in [-0.1, -0.05) is 32.3 Å². The Morgan fingerprint density at radius 2 is 1.22 bits per heavy atom. The number of aliphatic hydroxyl groups excluding tert-OH is 3. The summed E-state index contributed by atoms with van der Waals surface area (Å²) in [7, 11) is 0. The highest BCUT2D eigenvalue weighted by atomic mass is 17.2. The molecule has 0 fully saturated rings. The number of unbranched alkanes of at least 4 members (excludes halogenated alkanes) is 5. The van der Waals surface area contributed by atoms with Gasteiger partial charge >= 0.3 is 23.9 Å². The van der Waals surface area contributed by atoms with Crippen molar-refractivity contribution in [1.82, 2.24) is 0 Å². The van der Waals surface area contributed by atoms with Crippen molar-refractivity contribution in [1.29, 1.82) is 0 Å². The van der Waals surface area contributed by atoms with Gasteiger partial charge in [-0.15, -0.1) is 0 Å². The van der Waals surface area contributed by atoms with Crippen molar-refractivity contribution in [2.45, 2.75) is 77.4 Å². The van der Waals surface area contributed by atoms with Crippen LogP contribution >= 0.6 is 0 Å². The molecule has 0 aromatic carbocycles. The number of carbonyl (C=O) groups excluding carboxylic acids is 4. The van der Waals surface area contributed by atoms with E-state index in [0.717, 1.165) is 31.8 Å². The first-order valence-electron chi connectivity index (χ1n) is 10.2. The largest absolute Gasteiger partial charge is 0.394 e. The second-order valence-corrected chi connectivity index (χ2v) is 7.14. The van der Waals surface area contributed by atoms with E-state index in [1.54, 1.807) is 0 Å². The maximum Gasteiger partial charge on any atom is 0.381 e. The summed E-state index contributed by atoms with van der Waals surface area (Å²) in [4.78, 5) is 63.1. The van der Waals surface area contributed by atoms with Gasteiger partial charge in [0.1, 0.15) is 12.2 Å². The van der Waals surface area contributed by atoms with E-state index in [-0.39, 0.29) is 24.0 Å². The lowest BCUT2D eigenvalue weighted by atomic mass is 10.1. The predicted molar refractivity (Wildman–Crippen MR) is 109 cm³/mol. The fraction of sp³-hybridized carbons (Fsp3) is 0.619. The van der Waals surface area contributed by atoms with Crippen LogP contribution < -0.4 is 0 Å². The SMILES string of the molecule is C=C(C)C(=O)OOC(=O)CCCCCCCCC(=O)OOC(=O)/C(C)=C/C(O)C(O)CO. The van der Waals surface area contributed by atoms with Gasteiger partial charge < -0.3 is 15.3 Å². The summed E-state index contributed by atoms with van der Waals surface area (Å²) in [6, 6.07) is 0. The molecule has 0 amide bonds. The Bertz CT molecular complexity index is 669. The average molecular weight is 460 g/mol. The average Bonchev–Trinajstić information content (AvgIpc) is 2.76. The van der Waals surface area contributed by atoms with Gasteiger partial charge in [0.2, 0.25) is 0 Å². The summed E-state index contributed by atoms with van der Waals surface area (Å²) in [5, 5.41) is 27.4. The molecule has 0 aromatic rings. The molecule has 0 saturated heterocycles. The molecule has 11 nitrogen and oxygen atoms in total. The second kappa shape index (κ2) is 16.9. The molecule has 0 aliphatic carbocycles. The van der Waals surface area contributed by atoms with E-state index >= 15 is 0 Å². The summed E-state index contributed by atoms with van der Waals surface area (Å²) in [5.74, 6) is -3.17. The van der Waals surface area contributed by atoms with E-state index in [0.29, 0.717) is 12.8 Å². The molecule has 0 rings (SSSR count). The van der Waals surface area contributed by atoms with E-state index in [1.807, 2.05) is 0 Å². The Morgan fingerprint density at radius 3 is 1.66 bits per heavy atom. The van der Waals surface area contributed by atoms with Crippen LogP contribution in [-0.2, 0) is 38.7 Å². The molecule has 0 spiro atoms.